The third kappa shape index (κ3) is 4.55. The zero-order chi connectivity index (χ0) is 13.6. The third-order valence-corrected chi connectivity index (χ3v) is 3.67. The molecule has 0 aromatic carbocycles. The average Bonchev–Trinajstić information content (AvgIpc) is 2.28. The van der Waals surface area contributed by atoms with Crippen molar-refractivity contribution in [3.8, 4) is 0 Å². The molecule has 0 aromatic rings. The highest BCUT2D eigenvalue weighted by atomic mass is 16.4. The number of carbonyl (C=O) groups excluding carboxylic acids is 1. The summed E-state index contributed by atoms with van der Waals surface area (Å²) in [7, 11) is 0. The maximum Gasteiger partial charge on any atom is 0.315 e. The molecule has 0 bridgehead atoms. The molecule has 1 saturated carbocycles. The van der Waals surface area contributed by atoms with Gasteiger partial charge in [0, 0.05) is 6.04 Å². The van der Waals surface area contributed by atoms with E-state index >= 15 is 0 Å². The Morgan fingerprint density at radius 2 is 1.89 bits per heavy atom. The molecule has 0 radical (unpaired) electrons. The number of rotatable bonds is 5. The summed E-state index contributed by atoms with van der Waals surface area (Å²) < 4.78 is 0. The third-order valence-electron chi connectivity index (χ3n) is 3.67. The van der Waals surface area contributed by atoms with Crippen LogP contribution in [0.15, 0.2) is 0 Å². The van der Waals surface area contributed by atoms with Crippen LogP contribution < -0.4 is 10.6 Å². The maximum absolute atomic E-state index is 11.9. The van der Waals surface area contributed by atoms with Crippen LogP contribution in [0.4, 0.5) is 4.79 Å². The number of nitrogens with one attached hydrogen (secondary N) is 2. The molecule has 0 aromatic heterocycles. The highest BCUT2D eigenvalue weighted by Gasteiger charge is 2.35. The number of hydrogen-bond acceptors (Lipinski definition) is 2. The second-order valence-corrected chi connectivity index (χ2v) is 5.32. The van der Waals surface area contributed by atoms with E-state index in [0.29, 0.717) is 0 Å². The van der Waals surface area contributed by atoms with Gasteiger partial charge in [-0.15, -0.1) is 0 Å². The Hall–Kier alpha value is -1.26. The number of amides is 2. The fraction of sp³-hybridized carbons (Fsp3) is 0.846. The fourth-order valence-corrected chi connectivity index (χ4v) is 2.47. The van der Waals surface area contributed by atoms with Gasteiger partial charge in [-0.1, -0.05) is 26.2 Å². The molecule has 5 nitrogen and oxygen atoms in total. The molecule has 1 fully saturated rings. The van der Waals surface area contributed by atoms with Crippen molar-refractivity contribution in [3.05, 3.63) is 0 Å². The lowest BCUT2D eigenvalue weighted by Gasteiger charge is -2.37. The molecule has 1 aliphatic carbocycles. The van der Waals surface area contributed by atoms with Crippen molar-refractivity contribution in [2.24, 2.45) is 0 Å². The van der Waals surface area contributed by atoms with Gasteiger partial charge in [-0.25, -0.2) is 4.79 Å². The summed E-state index contributed by atoms with van der Waals surface area (Å²) in [6, 6.07) is -0.136. The smallest absolute Gasteiger partial charge is 0.315 e. The van der Waals surface area contributed by atoms with Gasteiger partial charge in [0.05, 0.1) is 12.0 Å². The molecule has 104 valence electrons. The van der Waals surface area contributed by atoms with Crippen molar-refractivity contribution in [1.29, 1.82) is 0 Å². The molecule has 1 aliphatic rings. The van der Waals surface area contributed by atoms with Gasteiger partial charge in [0.1, 0.15) is 0 Å². The van der Waals surface area contributed by atoms with Gasteiger partial charge in [0.15, 0.2) is 0 Å². The minimum absolute atomic E-state index is 0.0148. The van der Waals surface area contributed by atoms with Crippen LogP contribution in [-0.2, 0) is 4.79 Å². The lowest BCUT2D eigenvalue weighted by molar-refractivity contribution is -0.139. The fourth-order valence-electron chi connectivity index (χ4n) is 2.47. The summed E-state index contributed by atoms with van der Waals surface area (Å²) in [4.78, 5) is 22.8. The van der Waals surface area contributed by atoms with Crippen LogP contribution >= 0.6 is 0 Å². The summed E-state index contributed by atoms with van der Waals surface area (Å²) in [6.07, 6.45) is 5.48. The number of carboxylic acids is 1. The minimum Gasteiger partial charge on any atom is -0.481 e. The Balaban J connectivity index is 2.60. The molecule has 5 heteroatoms. The van der Waals surface area contributed by atoms with E-state index in [1.807, 2.05) is 13.8 Å². The van der Waals surface area contributed by atoms with Crippen LogP contribution in [0.5, 0.6) is 0 Å². The van der Waals surface area contributed by atoms with Crippen LogP contribution in [0.1, 0.15) is 58.8 Å². The second kappa shape index (κ2) is 6.61. The molecule has 0 spiro atoms. The van der Waals surface area contributed by atoms with Crippen molar-refractivity contribution >= 4 is 12.0 Å². The first-order valence-electron chi connectivity index (χ1n) is 6.78. The molecule has 3 N–H and O–H groups in total. The molecule has 0 heterocycles. The Kier molecular flexibility index (Phi) is 5.44. The zero-order valence-electron chi connectivity index (χ0n) is 11.3. The predicted octanol–water partition coefficient (Wildman–Crippen LogP) is 2.26. The summed E-state index contributed by atoms with van der Waals surface area (Å²) in [5.74, 6) is -0.847. The van der Waals surface area contributed by atoms with E-state index < -0.39 is 11.5 Å². The summed E-state index contributed by atoms with van der Waals surface area (Å²) in [5, 5.41) is 14.7. The lowest BCUT2D eigenvalue weighted by Crippen LogP contribution is -2.55. The van der Waals surface area contributed by atoms with Crippen LogP contribution in [0.25, 0.3) is 0 Å². The van der Waals surface area contributed by atoms with Gasteiger partial charge >= 0.3 is 12.0 Å². The standard InChI is InChI=1S/C13H24N2O3/c1-3-10(2)14-12(18)15-13(9-11(16)17)7-5-4-6-8-13/h10H,3-9H2,1-2H3,(H,16,17)(H2,14,15,18). The van der Waals surface area contributed by atoms with E-state index in [-0.39, 0.29) is 18.5 Å². The van der Waals surface area contributed by atoms with Crippen molar-refractivity contribution in [2.75, 3.05) is 0 Å². The molecule has 0 saturated heterocycles. The monoisotopic (exact) mass is 256 g/mol. The van der Waals surface area contributed by atoms with E-state index in [1.54, 1.807) is 0 Å². The van der Waals surface area contributed by atoms with E-state index in [2.05, 4.69) is 10.6 Å². The van der Waals surface area contributed by atoms with E-state index in [4.69, 9.17) is 5.11 Å². The predicted molar refractivity (Wildman–Crippen MR) is 69.5 cm³/mol. The number of carbonyl (C=O) groups is 2. The molecule has 1 rings (SSSR count). The number of hydrogen-bond donors (Lipinski definition) is 3. The lowest BCUT2D eigenvalue weighted by atomic mass is 9.79. The van der Waals surface area contributed by atoms with Crippen molar-refractivity contribution < 1.29 is 14.7 Å². The molecule has 18 heavy (non-hydrogen) atoms. The Morgan fingerprint density at radius 3 is 2.39 bits per heavy atom. The highest BCUT2D eigenvalue weighted by molar-refractivity contribution is 5.77. The number of carboxylic acid groups (broad SMARTS) is 1. The van der Waals surface area contributed by atoms with E-state index in [9.17, 15) is 9.59 Å². The molecular formula is C13H24N2O3. The van der Waals surface area contributed by atoms with Gasteiger partial charge in [0.2, 0.25) is 0 Å². The minimum atomic E-state index is -0.847. The van der Waals surface area contributed by atoms with Crippen molar-refractivity contribution in [3.63, 3.8) is 0 Å². The zero-order valence-corrected chi connectivity index (χ0v) is 11.3. The Labute approximate surface area is 108 Å². The maximum atomic E-state index is 11.9. The van der Waals surface area contributed by atoms with Crippen LogP contribution in [0, 0.1) is 0 Å². The molecule has 2 amide bonds. The van der Waals surface area contributed by atoms with E-state index in [0.717, 1.165) is 38.5 Å². The summed E-state index contributed by atoms with van der Waals surface area (Å²) >= 11 is 0. The van der Waals surface area contributed by atoms with E-state index in [1.165, 1.54) is 0 Å². The van der Waals surface area contributed by atoms with Gasteiger partial charge in [-0.05, 0) is 26.2 Å². The van der Waals surface area contributed by atoms with Crippen molar-refractivity contribution in [1.82, 2.24) is 10.6 Å². The normalized spacial score (nSPS) is 19.9. The molecule has 1 unspecified atom stereocenters. The second-order valence-electron chi connectivity index (χ2n) is 5.32. The summed E-state index contributed by atoms with van der Waals surface area (Å²) in [5.41, 5.74) is -0.554. The first-order valence-corrected chi connectivity index (χ1v) is 6.78. The highest BCUT2D eigenvalue weighted by Crippen LogP contribution is 2.31. The summed E-state index contributed by atoms with van der Waals surface area (Å²) in [6.45, 7) is 3.93. The Morgan fingerprint density at radius 1 is 1.28 bits per heavy atom. The van der Waals surface area contributed by atoms with Gasteiger partial charge < -0.3 is 15.7 Å². The molecule has 1 atom stereocenters. The van der Waals surface area contributed by atoms with Gasteiger partial charge in [0.25, 0.3) is 0 Å². The number of aliphatic carboxylic acids is 1. The van der Waals surface area contributed by atoms with Crippen LogP contribution in [-0.4, -0.2) is 28.7 Å². The van der Waals surface area contributed by atoms with Gasteiger partial charge in [-0.3, -0.25) is 4.79 Å². The number of urea groups is 1. The quantitative estimate of drug-likeness (QED) is 0.706. The van der Waals surface area contributed by atoms with Crippen LogP contribution in [0.3, 0.4) is 0 Å². The first kappa shape index (κ1) is 14.8. The largest absolute Gasteiger partial charge is 0.481 e. The van der Waals surface area contributed by atoms with Crippen LogP contribution in [0.2, 0.25) is 0 Å². The van der Waals surface area contributed by atoms with Crippen molar-refractivity contribution in [2.45, 2.75) is 70.4 Å². The first-order chi connectivity index (χ1) is 8.47. The molecule has 0 aliphatic heterocycles. The topological polar surface area (TPSA) is 78.4 Å². The SMILES string of the molecule is CCC(C)NC(=O)NC1(CC(=O)O)CCCCC1. The van der Waals surface area contributed by atoms with Gasteiger partial charge in [-0.2, -0.15) is 0 Å². The Bertz CT molecular complexity index is 299. The molecular weight excluding hydrogens is 232 g/mol. The average molecular weight is 256 g/mol.